The van der Waals surface area contributed by atoms with Gasteiger partial charge in [-0.1, -0.05) is 43.1 Å². The van der Waals surface area contributed by atoms with Crippen LogP contribution < -0.4 is 0 Å². The highest BCUT2D eigenvalue weighted by Crippen LogP contribution is 2.60. The van der Waals surface area contributed by atoms with Gasteiger partial charge in [0.1, 0.15) is 11.6 Å². The molecule has 1 aliphatic carbocycles. The maximum atomic E-state index is 13.7. The Balaban J connectivity index is 2.13. The van der Waals surface area contributed by atoms with Gasteiger partial charge in [0.25, 0.3) is 5.95 Å². The second kappa shape index (κ2) is 6.92. The minimum absolute atomic E-state index is 0.692. The summed E-state index contributed by atoms with van der Waals surface area (Å²) in [6, 6.07) is 0. The van der Waals surface area contributed by atoms with E-state index >= 15 is 0 Å². The first-order valence-corrected chi connectivity index (χ1v) is 7.84. The Labute approximate surface area is 153 Å². The van der Waals surface area contributed by atoms with Crippen LogP contribution >= 0.6 is 23.2 Å². The van der Waals surface area contributed by atoms with Crippen molar-refractivity contribution in [3.8, 4) is 0 Å². The average Bonchev–Trinajstić information content (AvgIpc) is 3.04. The highest BCUT2D eigenvalue weighted by atomic mass is 35.5. The van der Waals surface area contributed by atoms with Crippen LogP contribution in [0.3, 0.4) is 0 Å². The second-order valence-electron chi connectivity index (χ2n) is 6.24. The lowest BCUT2D eigenvalue weighted by atomic mass is 10.1. The number of pyridine rings is 1. The van der Waals surface area contributed by atoms with Crippen molar-refractivity contribution < 1.29 is 35.9 Å². The minimum Gasteiger partial charge on any atom is -0.460 e. The summed E-state index contributed by atoms with van der Waals surface area (Å²) in [7, 11) is 0. The van der Waals surface area contributed by atoms with Crippen LogP contribution in [0.4, 0.5) is 26.3 Å². The number of hydrogen-bond acceptors (Lipinski definition) is 3. The molecule has 1 aromatic rings. The predicted octanol–water partition coefficient (Wildman–Crippen LogP) is 5.15. The van der Waals surface area contributed by atoms with Crippen molar-refractivity contribution in [3.05, 3.63) is 39.4 Å². The van der Waals surface area contributed by atoms with Gasteiger partial charge in [0.05, 0.1) is 11.5 Å². The summed E-state index contributed by atoms with van der Waals surface area (Å²) in [5.74, 6) is -7.64. The van der Waals surface area contributed by atoms with Gasteiger partial charge in [-0.25, -0.2) is 13.8 Å². The fourth-order valence-electron chi connectivity index (χ4n) is 2.58. The van der Waals surface area contributed by atoms with Gasteiger partial charge >= 0.3 is 12.1 Å². The van der Waals surface area contributed by atoms with Crippen molar-refractivity contribution >= 4 is 29.2 Å². The van der Waals surface area contributed by atoms with E-state index in [9.17, 15) is 31.1 Å². The van der Waals surface area contributed by atoms with Crippen LogP contribution in [0.15, 0.2) is 11.1 Å². The molecule has 1 aliphatic rings. The summed E-state index contributed by atoms with van der Waals surface area (Å²) in [5.41, 5.74) is -1.85. The first-order valence-electron chi connectivity index (χ1n) is 7.08. The number of esters is 1. The molecule has 3 nitrogen and oxygen atoms in total. The molecule has 2 atom stereocenters. The third-order valence-corrected chi connectivity index (χ3v) is 4.80. The summed E-state index contributed by atoms with van der Waals surface area (Å²) >= 11 is 10.4. The second-order valence-corrected chi connectivity index (χ2v) is 7.01. The molecule has 0 aliphatic heterocycles. The summed E-state index contributed by atoms with van der Waals surface area (Å²) < 4.78 is 82.6. The Morgan fingerprint density at radius 2 is 1.85 bits per heavy atom. The van der Waals surface area contributed by atoms with Gasteiger partial charge in [0.2, 0.25) is 0 Å². The van der Waals surface area contributed by atoms with E-state index in [-0.39, 0.29) is 0 Å². The van der Waals surface area contributed by atoms with Crippen LogP contribution in [0.25, 0.3) is 0 Å². The van der Waals surface area contributed by atoms with E-state index in [2.05, 4.69) is 4.98 Å². The smallest absolute Gasteiger partial charge is 0.426 e. The van der Waals surface area contributed by atoms with Crippen molar-refractivity contribution in [2.75, 3.05) is 0 Å². The molecule has 0 radical (unpaired) electrons. The molecule has 1 fully saturated rings. The fraction of sp³-hybridized carbons (Fsp3) is 0.467. The molecular formula is C15H11Cl2F6NO2. The van der Waals surface area contributed by atoms with Crippen molar-refractivity contribution in [2.24, 2.45) is 17.3 Å². The molecule has 1 heterocycles. The zero-order valence-corrected chi connectivity index (χ0v) is 14.7. The van der Waals surface area contributed by atoms with E-state index in [1.807, 2.05) is 0 Å². The van der Waals surface area contributed by atoms with Gasteiger partial charge in [-0.3, -0.25) is 4.79 Å². The lowest BCUT2D eigenvalue weighted by molar-refractivity contribution is -0.147. The molecule has 0 unspecified atom stereocenters. The molecule has 144 valence electrons. The quantitative estimate of drug-likeness (QED) is 0.383. The number of rotatable bonds is 4. The maximum Gasteiger partial charge on any atom is 0.426 e. The van der Waals surface area contributed by atoms with Crippen LogP contribution in [0.5, 0.6) is 0 Å². The number of halogens is 8. The monoisotopic (exact) mass is 421 g/mol. The minimum atomic E-state index is -4.76. The van der Waals surface area contributed by atoms with Crippen LogP contribution in [0.2, 0.25) is 5.15 Å². The first kappa shape index (κ1) is 20.8. The number of carbonyl (C=O) groups excluding carboxylic acids is 1. The molecule has 11 heteroatoms. The van der Waals surface area contributed by atoms with E-state index in [0.29, 0.717) is 6.08 Å². The third kappa shape index (κ3) is 3.93. The summed E-state index contributed by atoms with van der Waals surface area (Å²) in [4.78, 5) is 14.8. The topological polar surface area (TPSA) is 39.2 Å². The zero-order valence-electron chi connectivity index (χ0n) is 13.2. The predicted molar refractivity (Wildman–Crippen MR) is 79.7 cm³/mol. The Hall–Kier alpha value is -1.48. The van der Waals surface area contributed by atoms with Crippen LogP contribution in [-0.2, 0) is 16.1 Å². The van der Waals surface area contributed by atoms with E-state index in [1.165, 1.54) is 13.8 Å². The molecule has 0 N–H and O–H groups in total. The van der Waals surface area contributed by atoms with Crippen LogP contribution in [0, 0.1) is 34.8 Å². The average molecular weight is 422 g/mol. The summed E-state index contributed by atoms with van der Waals surface area (Å²) in [6.07, 6.45) is -4.07. The number of alkyl halides is 3. The van der Waals surface area contributed by atoms with Crippen molar-refractivity contribution in [1.29, 1.82) is 0 Å². The zero-order chi connectivity index (χ0) is 20.0. The van der Waals surface area contributed by atoms with E-state index in [1.54, 1.807) is 0 Å². The van der Waals surface area contributed by atoms with Crippen molar-refractivity contribution in [3.63, 3.8) is 0 Å². The summed E-state index contributed by atoms with van der Waals surface area (Å²) in [6.45, 7) is 2.02. The third-order valence-electron chi connectivity index (χ3n) is 4.21. The Bertz CT molecular complexity index is 752. The van der Waals surface area contributed by atoms with Gasteiger partial charge in [-0.05, 0) is 11.3 Å². The van der Waals surface area contributed by atoms with E-state index < -0.39 is 69.3 Å². The molecule has 0 saturated heterocycles. The lowest BCUT2D eigenvalue weighted by Gasteiger charge is -2.08. The number of nitrogens with zero attached hydrogens (tertiary/aromatic N) is 1. The fourth-order valence-corrected chi connectivity index (χ4v) is 2.90. The van der Waals surface area contributed by atoms with E-state index in [4.69, 9.17) is 27.9 Å². The molecule has 1 aromatic heterocycles. The number of hydrogen-bond donors (Lipinski definition) is 0. The van der Waals surface area contributed by atoms with E-state index in [0.717, 1.165) is 0 Å². The largest absolute Gasteiger partial charge is 0.460 e. The van der Waals surface area contributed by atoms with Crippen molar-refractivity contribution in [2.45, 2.75) is 26.6 Å². The molecule has 0 bridgehead atoms. The molecule has 0 spiro atoms. The van der Waals surface area contributed by atoms with Gasteiger partial charge in [0.15, 0.2) is 16.8 Å². The molecule has 26 heavy (non-hydrogen) atoms. The summed E-state index contributed by atoms with van der Waals surface area (Å²) in [5, 5.41) is -2.33. The van der Waals surface area contributed by atoms with Gasteiger partial charge in [-0.15, -0.1) is 0 Å². The number of allylic oxidation sites excluding steroid dienone is 2. The lowest BCUT2D eigenvalue weighted by Crippen LogP contribution is -2.13. The van der Waals surface area contributed by atoms with Gasteiger partial charge < -0.3 is 4.74 Å². The molecule has 0 amide bonds. The van der Waals surface area contributed by atoms with Crippen LogP contribution in [0.1, 0.15) is 19.4 Å². The normalized spacial score (nSPS) is 22.3. The molecule has 2 rings (SSSR count). The molecule has 0 aromatic carbocycles. The maximum absolute atomic E-state index is 13.7. The standard InChI is InChI=1S/C15H11Cl2F6NO2/c1-14(2)6(3-7(16)15(21,22)23)8(14)13(25)26-4-5-9(18)11(17)24-12(20)10(5)19/h3,6,8H,4H2,1-2H3/t6-,8-/m0/s1. The highest BCUT2D eigenvalue weighted by Gasteiger charge is 2.62. The van der Waals surface area contributed by atoms with Crippen molar-refractivity contribution in [1.82, 2.24) is 4.98 Å². The Morgan fingerprint density at radius 1 is 1.27 bits per heavy atom. The Morgan fingerprint density at radius 3 is 2.38 bits per heavy atom. The molecular weight excluding hydrogens is 411 g/mol. The first-order chi connectivity index (χ1) is 11.8. The SMILES string of the molecule is CC1(C)[C@H](C(=O)OCc2c(F)c(F)nc(Cl)c2F)[C@@H]1C=C(Cl)C(F)(F)F. The molecule has 1 saturated carbocycles. The number of ether oxygens (including phenoxy) is 1. The number of aromatic nitrogens is 1. The van der Waals surface area contributed by atoms with Gasteiger partial charge in [-0.2, -0.15) is 17.6 Å². The Kier molecular flexibility index (Phi) is 5.54. The highest BCUT2D eigenvalue weighted by molar-refractivity contribution is 6.30. The van der Waals surface area contributed by atoms with Gasteiger partial charge in [0, 0.05) is 0 Å². The number of carbonyl (C=O) groups is 1. The van der Waals surface area contributed by atoms with Crippen LogP contribution in [-0.4, -0.2) is 17.1 Å².